The number of aromatic nitrogens is 2. The normalized spacial score (nSPS) is 15.4. The van der Waals surface area contributed by atoms with Crippen LogP contribution in [-0.2, 0) is 13.1 Å². The molecule has 1 aliphatic rings. The maximum absolute atomic E-state index is 13.9. The predicted molar refractivity (Wildman–Crippen MR) is 74.1 cm³/mol. The van der Waals surface area contributed by atoms with Crippen LogP contribution in [0.5, 0.6) is 5.75 Å². The first kappa shape index (κ1) is 13.4. The topological polar surface area (TPSA) is 59.5 Å². The highest BCUT2D eigenvalue weighted by Crippen LogP contribution is 2.32. The molecule has 106 valence electrons. The lowest BCUT2D eigenvalue weighted by molar-refractivity contribution is 0.345. The van der Waals surface area contributed by atoms with E-state index in [4.69, 9.17) is 11.6 Å². The number of hydrogen-bond acceptors (Lipinski definition) is 4. The lowest BCUT2D eigenvalue weighted by Gasteiger charge is -2.15. The zero-order valence-corrected chi connectivity index (χ0v) is 11.9. The van der Waals surface area contributed by atoms with E-state index in [2.05, 4.69) is 4.99 Å². The van der Waals surface area contributed by atoms with E-state index in [0.29, 0.717) is 17.9 Å². The Balaban J connectivity index is 2.19. The van der Waals surface area contributed by atoms with Gasteiger partial charge in [0.25, 0.3) is 0 Å². The number of phenols is 1. The van der Waals surface area contributed by atoms with Gasteiger partial charge in [0, 0.05) is 13.1 Å². The summed E-state index contributed by atoms with van der Waals surface area (Å²) in [6.07, 6.45) is 1.91. The largest absolute Gasteiger partial charge is 0.504 e. The van der Waals surface area contributed by atoms with Crippen molar-refractivity contribution in [3.63, 3.8) is 0 Å². The molecule has 0 saturated carbocycles. The van der Waals surface area contributed by atoms with Crippen LogP contribution in [0, 0.1) is 5.82 Å². The van der Waals surface area contributed by atoms with Crippen LogP contribution in [0.1, 0.15) is 12.8 Å². The number of aromatic hydroxyl groups is 1. The van der Waals surface area contributed by atoms with E-state index in [1.54, 1.807) is 9.36 Å². The number of fused-ring (bicyclic) bond motifs is 1. The van der Waals surface area contributed by atoms with Crippen molar-refractivity contribution in [2.45, 2.75) is 25.9 Å². The van der Waals surface area contributed by atoms with Crippen molar-refractivity contribution >= 4 is 28.6 Å². The quantitative estimate of drug-likeness (QED) is 0.877. The summed E-state index contributed by atoms with van der Waals surface area (Å²) in [7, 11) is 0. The fourth-order valence-corrected chi connectivity index (χ4v) is 3.17. The predicted octanol–water partition coefficient (Wildman–Crippen LogP) is 2.24. The highest BCUT2D eigenvalue weighted by molar-refractivity contribution is 7.06. The summed E-state index contributed by atoms with van der Waals surface area (Å²) >= 11 is 6.59. The van der Waals surface area contributed by atoms with E-state index in [1.165, 1.54) is 12.1 Å². The maximum Gasteiger partial charge on any atom is 0.325 e. The summed E-state index contributed by atoms with van der Waals surface area (Å²) in [4.78, 5) is 16.3. The molecule has 2 heterocycles. The molecule has 0 aliphatic carbocycles. The third-order valence-corrected chi connectivity index (χ3v) is 4.33. The molecule has 0 bridgehead atoms. The number of rotatable bonds is 1. The third-order valence-electron chi connectivity index (χ3n) is 3.15. The Morgan fingerprint density at radius 1 is 1.30 bits per heavy atom. The van der Waals surface area contributed by atoms with Gasteiger partial charge < -0.3 is 5.11 Å². The monoisotopic (exact) mass is 315 g/mol. The minimum atomic E-state index is -0.881. The van der Waals surface area contributed by atoms with Gasteiger partial charge in [-0.15, -0.1) is 0 Å². The van der Waals surface area contributed by atoms with Crippen molar-refractivity contribution < 1.29 is 9.50 Å². The molecule has 5 nitrogen and oxygen atoms in total. The van der Waals surface area contributed by atoms with Crippen molar-refractivity contribution in [1.82, 2.24) is 9.36 Å². The maximum atomic E-state index is 13.9. The molecule has 1 aliphatic heterocycles. The van der Waals surface area contributed by atoms with Gasteiger partial charge in [-0.2, -0.15) is 0 Å². The van der Waals surface area contributed by atoms with Crippen LogP contribution in [0.25, 0.3) is 0 Å². The van der Waals surface area contributed by atoms with Gasteiger partial charge >= 0.3 is 4.87 Å². The molecule has 3 rings (SSSR count). The minimum Gasteiger partial charge on any atom is -0.504 e. The molecular formula is C12H11ClFN3O2S. The Kier molecular flexibility index (Phi) is 3.39. The minimum absolute atomic E-state index is 0.0328. The van der Waals surface area contributed by atoms with Gasteiger partial charge in [0.05, 0.1) is 5.02 Å². The molecule has 1 aromatic carbocycles. The van der Waals surface area contributed by atoms with Crippen molar-refractivity contribution in [1.29, 1.82) is 0 Å². The van der Waals surface area contributed by atoms with E-state index in [1.807, 2.05) is 0 Å². The molecule has 8 heteroatoms. The van der Waals surface area contributed by atoms with Crippen LogP contribution in [0.15, 0.2) is 21.9 Å². The Morgan fingerprint density at radius 2 is 2.00 bits per heavy atom. The number of hydrogen-bond donors (Lipinski definition) is 1. The molecule has 1 aromatic heterocycles. The zero-order valence-electron chi connectivity index (χ0n) is 10.3. The lowest BCUT2D eigenvalue weighted by atomic mass is 10.3. The average molecular weight is 316 g/mol. The Labute approximate surface area is 122 Å². The number of halogens is 2. The van der Waals surface area contributed by atoms with Crippen LogP contribution in [0.3, 0.4) is 0 Å². The summed E-state index contributed by atoms with van der Waals surface area (Å²) in [6, 6.07) is 2.75. The Hall–Kier alpha value is -1.60. The van der Waals surface area contributed by atoms with Crippen molar-refractivity contribution in [2.75, 3.05) is 0 Å². The van der Waals surface area contributed by atoms with Crippen molar-refractivity contribution in [2.24, 2.45) is 4.99 Å². The van der Waals surface area contributed by atoms with Crippen LogP contribution in [0.2, 0.25) is 5.02 Å². The molecule has 2 aromatic rings. The lowest BCUT2D eigenvalue weighted by Crippen LogP contribution is -2.31. The van der Waals surface area contributed by atoms with E-state index in [-0.39, 0.29) is 15.6 Å². The van der Waals surface area contributed by atoms with E-state index in [9.17, 15) is 14.3 Å². The van der Waals surface area contributed by atoms with Crippen molar-refractivity contribution in [3.8, 4) is 5.75 Å². The molecule has 0 unspecified atom stereocenters. The molecule has 0 spiro atoms. The summed E-state index contributed by atoms with van der Waals surface area (Å²) in [5.74, 6) is -1.51. The fraction of sp³-hybridized carbons (Fsp3) is 0.333. The molecule has 20 heavy (non-hydrogen) atoms. The van der Waals surface area contributed by atoms with E-state index < -0.39 is 11.6 Å². The molecule has 1 N–H and O–H groups in total. The second-order valence-electron chi connectivity index (χ2n) is 4.44. The van der Waals surface area contributed by atoms with Gasteiger partial charge in [-0.05, 0) is 36.3 Å². The van der Waals surface area contributed by atoms with E-state index >= 15 is 0 Å². The van der Waals surface area contributed by atoms with Gasteiger partial charge in [0.2, 0.25) is 4.80 Å². The molecule has 0 atom stereocenters. The fourth-order valence-electron chi connectivity index (χ4n) is 2.14. The smallest absolute Gasteiger partial charge is 0.325 e. The van der Waals surface area contributed by atoms with Crippen LogP contribution < -0.4 is 9.67 Å². The molecule has 0 radical (unpaired) electrons. The summed E-state index contributed by atoms with van der Waals surface area (Å²) in [6.45, 7) is 1.33. The summed E-state index contributed by atoms with van der Waals surface area (Å²) in [5, 5.41) is 9.40. The standard InChI is InChI=1S/C12H11ClFN3O2S/c13-7-3-4-8(9(14)10(7)18)15-11-16-5-1-2-6-17(16)12(19)20-11/h3-4,18H,1-2,5-6H2/b15-11-. The molecule has 0 saturated heterocycles. The van der Waals surface area contributed by atoms with E-state index in [0.717, 1.165) is 24.2 Å². The SMILES string of the molecule is O=c1s/c(=N\c2ccc(Cl)c(O)c2F)n2n1CCCC2. The third kappa shape index (κ3) is 2.16. The summed E-state index contributed by atoms with van der Waals surface area (Å²) in [5.41, 5.74) is -0.0328. The van der Waals surface area contributed by atoms with Crippen LogP contribution in [-0.4, -0.2) is 14.5 Å². The van der Waals surface area contributed by atoms with Crippen molar-refractivity contribution in [3.05, 3.63) is 37.4 Å². The van der Waals surface area contributed by atoms with Gasteiger partial charge in [-0.3, -0.25) is 9.48 Å². The molecular weight excluding hydrogens is 305 g/mol. The first-order valence-electron chi connectivity index (χ1n) is 6.10. The average Bonchev–Trinajstić information content (AvgIpc) is 2.77. The Bertz CT molecular complexity index is 793. The Morgan fingerprint density at radius 3 is 2.75 bits per heavy atom. The van der Waals surface area contributed by atoms with Gasteiger partial charge in [0.1, 0.15) is 5.69 Å². The highest BCUT2D eigenvalue weighted by atomic mass is 35.5. The summed E-state index contributed by atoms with van der Waals surface area (Å²) < 4.78 is 17.2. The number of benzene rings is 1. The zero-order chi connectivity index (χ0) is 14.3. The van der Waals surface area contributed by atoms with Gasteiger partial charge in [0.15, 0.2) is 11.6 Å². The molecule has 0 fully saturated rings. The molecule has 0 amide bonds. The van der Waals surface area contributed by atoms with Gasteiger partial charge in [-0.1, -0.05) is 11.6 Å². The highest BCUT2D eigenvalue weighted by Gasteiger charge is 2.15. The first-order valence-corrected chi connectivity index (χ1v) is 7.30. The second kappa shape index (κ2) is 5.06. The number of nitrogens with zero attached hydrogens (tertiary/aromatic N) is 3. The van der Waals surface area contributed by atoms with Crippen LogP contribution >= 0.6 is 22.9 Å². The second-order valence-corrected chi connectivity index (χ2v) is 5.77. The van der Waals surface area contributed by atoms with Crippen LogP contribution in [0.4, 0.5) is 10.1 Å². The van der Waals surface area contributed by atoms with Gasteiger partial charge in [-0.25, -0.2) is 14.1 Å². The first-order chi connectivity index (χ1) is 9.58. The number of phenolic OH excluding ortho intramolecular Hbond substituents is 1.